The standard InChI is InChI=1S/C26H29N5O/c1-2-16-29-17-6-7-21(18-29)30-19-31(25-24(30)14-15-28-26(25)27)20-10-12-23(13-11-20)32-22-8-4-3-5-9-22/h2-5,8-16,21H,6-7,17-19H2,1H3,(H2,27,28)/t21-/m1/s1. The third-order valence-corrected chi connectivity index (χ3v) is 6.16. The molecule has 3 heterocycles. The third kappa shape index (κ3) is 3.96. The second kappa shape index (κ2) is 8.83. The van der Waals surface area contributed by atoms with Crippen LogP contribution in [-0.4, -0.2) is 35.7 Å². The van der Waals surface area contributed by atoms with E-state index in [0.717, 1.165) is 48.3 Å². The lowest BCUT2D eigenvalue weighted by Gasteiger charge is -2.38. The van der Waals surface area contributed by atoms with E-state index in [2.05, 4.69) is 57.1 Å². The predicted octanol–water partition coefficient (Wildman–Crippen LogP) is 5.37. The predicted molar refractivity (Wildman–Crippen MR) is 131 cm³/mol. The molecule has 1 aromatic heterocycles. The van der Waals surface area contributed by atoms with E-state index in [1.165, 1.54) is 12.8 Å². The Morgan fingerprint density at radius 2 is 1.81 bits per heavy atom. The number of ether oxygens (including phenoxy) is 1. The van der Waals surface area contributed by atoms with E-state index < -0.39 is 0 Å². The summed E-state index contributed by atoms with van der Waals surface area (Å²) < 4.78 is 5.96. The highest BCUT2D eigenvalue weighted by Gasteiger charge is 2.35. The van der Waals surface area contributed by atoms with Crippen LogP contribution in [0.15, 0.2) is 79.1 Å². The van der Waals surface area contributed by atoms with Crippen molar-refractivity contribution in [3.63, 3.8) is 0 Å². The molecule has 2 N–H and O–H groups in total. The summed E-state index contributed by atoms with van der Waals surface area (Å²) in [6.07, 6.45) is 8.50. The SMILES string of the molecule is CC=CN1CCC[C@@H](N2CN(c3ccc(Oc4ccccc4)cc3)c3c2ccnc3N)C1. The van der Waals surface area contributed by atoms with Crippen LogP contribution in [0.5, 0.6) is 11.5 Å². The zero-order chi connectivity index (χ0) is 21.9. The highest BCUT2D eigenvalue weighted by Crippen LogP contribution is 2.45. The summed E-state index contributed by atoms with van der Waals surface area (Å²) in [4.78, 5) is 11.5. The molecule has 0 bridgehead atoms. The number of fused-ring (bicyclic) bond motifs is 1. The molecule has 164 valence electrons. The van der Waals surface area contributed by atoms with E-state index in [1.807, 2.05) is 48.7 Å². The van der Waals surface area contributed by atoms with Crippen molar-refractivity contribution in [1.82, 2.24) is 9.88 Å². The van der Waals surface area contributed by atoms with E-state index in [0.29, 0.717) is 11.9 Å². The van der Waals surface area contributed by atoms with E-state index >= 15 is 0 Å². The Morgan fingerprint density at radius 1 is 1.03 bits per heavy atom. The topological polar surface area (TPSA) is 57.9 Å². The molecule has 0 spiro atoms. The minimum atomic E-state index is 0.436. The second-order valence-corrected chi connectivity index (χ2v) is 8.29. The Kier molecular flexibility index (Phi) is 5.58. The molecule has 1 fully saturated rings. The van der Waals surface area contributed by atoms with Crippen LogP contribution in [0, 0.1) is 0 Å². The van der Waals surface area contributed by atoms with Gasteiger partial charge in [0.05, 0.1) is 12.4 Å². The van der Waals surface area contributed by atoms with Gasteiger partial charge >= 0.3 is 0 Å². The fraction of sp³-hybridized carbons (Fsp3) is 0.269. The second-order valence-electron chi connectivity index (χ2n) is 8.29. The molecule has 2 aliphatic heterocycles. The molecule has 32 heavy (non-hydrogen) atoms. The molecule has 5 rings (SSSR count). The van der Waals surface area contributed by atoms with Crippen LogP contribution >= 0.6 is 0 Å². The molecule has 6 nitrogen and oxygen atoms in total. The Bertz CT molecular complexity index is 1080. The average Bonchev–Trinajstić information content (AvgIpc) is 3.22. The van der Waals surface area contributed by atoms with Gasteiger partial charge < -0.3 is 25.2 Å². The Hall–Kier alpha value is -3.67. The van der Waals surface area contributed by atoms with Gasteiger partial charge in [-0.2, -0.15) is 0 Å². The summed E-state index contributed by atoms with van der Waals surface area (Å²) in [5, 5.41) is 0. The number of rotatable bonds is 5. The van der Waals surface area contributed by atoms with Gasteiger partial charge in [-0.15, -0.1) is 0 Å². The largest absolute Gasteiger partial charge is 0.457 e. The highest BCUT2D eigenvalue weighted by atomic mass is 16.5. The van der Waals surface area contributed by atoms with E-state index in [-0.39, 0.29) is 0 Å². The smallest absolute Gasteiger partial charge is 0.149 e. The van der Waals surface area contributed by atoms with Crippen molar-refractivity contribution in [3.8, 4) is 11.5 Å². The van der Waals surface area contributed by atoms with Crippen LogP contribution in [0.2, 0.25) is 0 Å². The molecule has 0 unspecified atom stereocenters. The van der Waals surface area contributed by atoms with Gasteiger partial charge in [0.2, 0.25) is 0 Å². The molecule has 1 saturated heterocycles. The summed E-state index contributed by atoms with van der Waals surface area (Å²) in [5.41, 5.74) is 9.61. The lowest BCUT2D eigenvalue weighted by Crippen LogP contribution is -2.47. The maximum Gasteiger partial charge on any atom is 0.149 e. The first-order valence-electron chi connectivity index (χ1n) is 11.2. The molecular formula is C26H29N5O. The van der Waals surface area contributed by atoms with E-state index in [1.54, 1.807) is 0 Å². The summed E-state index contributed by atoms with van der Waals surface area (Å²) >= 11 is 0. The number of hydrogen-bond acceptors (Lipinski definition) is 6. The number of nitrogen functional groups attached to an aromatic ring is 1. The molecule has 2 aliphatic rings. The summed E-state index contributed by atoms with van der Waals surface area (Å²) in [5.74, 6) is 2.20. The molecule has 0 radical (unpaired) electrons. The minimum Gasteiger partial charge on any atom is -0.457 e. The van der Waals surface area contributed by atoms with Gasteiger partial charge in [-0.25, -0.2) is 4.98 Å². The molecule has 6 heteroatoms. The average molecular weight is 428 g/mol. The fourth-order valence-corrected chi connectivity index (χ4v) is 4.69. The fourth-order valence-electron chi connectivity index (χ4n) is 4.69. The third-order valence-electron chi connectivity index (χ3n) is 6.16. The van der Waals surface area contributed by atoms with Crippen LogP contribution in [0.4, 0.5) is 22.9 Å². The van der Waals surface area contributed by atoms with Crippen LogP contribution < -0.4 is 20.3 Å². The monoisotopic (exact) mass is 427 g/mol. The van der Waals surface area contributed by atoms with Crippen molar-refractivity contribution in [2.24, 2.45) is 0 Å². The van der Waals surface area contributed by atoms with Gasteiger partial charge in [-0.1, -0.05) is 24.3 Å². The van der Waals surface area contributed by atoms with Crippen molar-refractivity contribution >= 4 is 22.9 Å². The van der Waals surface area contributed by atoms with Crippen molar-refractivity contribution < 1.29 is 4.74 Å². The zero-order valence-corrected chi connectivity index (χ0v) is 18.4. The number of nitrogens with two attached hydrogens (primary N) is 1. The number of para-hydroxylation sites is 1. The molecule has 0 saturated carbocycles. The first-order valence-corrected chi connectivity index (χ1v) is 11.2. The van der Waals surface area contributed by atoms with Gasteiger partial charge in [-0.05, 0) is 68.4 Å². The van der Waals surface area contributed by atoms with Crippen LogP contribution in [-0.2, 0) is 0 Å². The molecule has 3 aromatic rings. The van der Waals surface area contributed by atoms with Crippen LogP contribution in [0.25, 0.3) is 0 Å². The maximum absolute atomic E-state index is 6.37. The number of pyridine rings is 1. The number of aromatic nitrogens is 1. The van der Waals surface area contributed by atoms with Crippen molar-refractivity contribution in [1.29, 1.82) is 0 Å². The highest BCUT2D eigenvalue weighted by molar-refractivity contribution is 5.89. The summed E-state index contributed by atoms with van der Waals surface area (Å²) in [7, 11) is 0. The van der Waals surface area contributed by atoms with Crippen LogP contribution in [0.3, 0.4) is 0 Å². The number of likely N-dealkylation sites (tertiary alicyclic amines) is 1. The van der Waals surface area contributed by atoms with E-state index in [9.17, 15) is 0 Å². The maximum atomic E-state index is 6.37. The van der Waals surface area contributed by atoms with E-state index in [4.69, 9.17) is 10.5 Å². The summed E-state index contributed by atoms with van der Waals surface area (Å²) in [6, 6.07) is 20.5. The molecule has 0 aliphatic carbocycles. The van der Waals surface area contributed by atoms with Gasteiger partial charge in [0.1, 0.15) is 23.0 Å². The quantitative estimate of drug-likeness (QED) is 0.591. The van der Waals surface area contributed by atoms with Gasteiger partial charge in [0, 0.05) is 31.0 Å². The lowest BCUT2D eigenvalue weighted by molar-refractivity contribution is 0.273. The number of anilines is 4. The molecular weight excluding hydrogens is 398 g/mol. The number of piperidine rings is 1. The van der Waals surface area contributed by atoms with Gasteiger partial charge in [-0.3, -0.25) is 0 Å². The van der Waals surface area contributed by atoms with Crippen molar-refractivity contribution in [3.05, 3.63) is 79.1 Å². The van der Waals surface area contributed by atoms with Crippen molar-refractivity contribution in [2.75, 3.05) is 35.3 Å². The Morgan fingerprint density at radius 3 is 2.59 bits per heavy atom. The number of hydrogen-bond donors (Lipinski definition) is 1. The molecule has 2 aromatic carbocycles. The van der Waals surface area contributed by atoms with Gasteiger partial charge in [0.25, 0.3) is 0 Å². The first kappa shape index (κ1) is 20.2. The number of nitrogens with zero attached hydrogens (tertiary/aromatic N) is 4. The Labute approximate surface area is 189 Å². The molecule has 0 amide bonds. The van der Waals surface area contributed by atoms with Crippen molar-refractivity contribution in [2.45, 2.75) is 25.8 Å². The number of allylic oxidation sites excluding steroid dienone is 1. The minimum absolute atomic E-state index is 0.436. The van der Waals surface area contributed by atoms with Gasteiger partial charge in [0.15, 0.2) is 0 Å². The lowest BCUT2D eigenvalue weighted by atomic mass is 10.0. The molecule has 1 atom stereocenters. The summed E-state index contributed by atoms with van der Waals surface area (Å²) in [6.45, 7) is 4.98. The number of benzene rings is 2. The Balaban J connectivity index is 1.40. The first-order chi connectivity index (χ1) is 15.7. The zero-order valence-electron chi connectivity index (χ0n) is 18.4. The normalized spacial score (nSPS) is 18.3. The van der Waals surface area contributed by atoms with Crippen LogP contribution in [0.1, 0.15) is 19.8 Å².